The molecule has 0 spiro atoms. The molecule has 4 aromatic rings. The number of pyridine rings is 1. The summed E-state index contributed by atoms with van der Waals surface area (Å²) >= 11 is 0. The van der Waals surface area contributed by atoms with Crippen molar-refractivity contribution in [3.63, 3.8) is 0 Å². The maximum Gasteiger partial charge on any atom is 0.269 e. The third-order valence-corrected chi connectivity index (χ3v) is 5.49. The number of nitrogens with two attached hydrogens (primary N) is 1. The summed E-state index contributed by atoms with van der Waals surface area (Å²) in [5.74, 6) is -0.780. The number of nitro groups is 1. The third kappa shape index (κ3) is 2.72. The van der Waals surface area contributed by atoms with Gasteiger partial charge in [-0.2, -0.15) is 5.26 Å². The number of nitro benzene ring substituents is 1. The van der Waals surface area contributed by atoms with Crippen molar-refractivity contribution >= 4 is 27.4 Å². The van der Waals surface area contributed by atoms with Gasteiger partial charge in [-0.15, -0.1) is 0 Å². The van der Waals surface area contributed by atoms with Gasteiger partial charge in [0.25, 0.3) is 11.2 Å². The maximum absolute atomic E-state index is 13.2. The van der Waals surface area contributed by atoms with Gasteiger partial charge < -0.3 is 15.5 Å². The number of nitriles is 1. The van der Waals surface area contributed by atoms with Crippen LogP contribution < -0.4 is 16.0 Å². The second-order valence-electron chi connectivity index (χ2n) is 7.18. The number of nitrogens with zero attached hydrogens (tertiary/aromatic N) is 2. The molecule has 1 aromatic heterocycles. The number of aromatic amines is 1. The van der Waals surface area contributed by atoms with E-state index in [1.165, 1.54) is 18.2 Å². The topological polar surface area (TPSA) is 135 Å². The van der Waals surface area contributed by atoms with Crippen molar-refractivity contribution in [3.8, 4) is 11.8 Å². The Kier molecular flexibility index (Phi) is 3.98. The lowest BCUT2D eigenvalue weighted by Crippen LogP contribution is -2.28. The second kappa shape index (κ2) is 6.71. The molecule has 1 aliphatic rings. The molecule has 1 aliphatic heterocycles. The Labute approximate surface area is 174 Å². The molecular formula is C23H14N4O4. The molecule has 150 valence electrons. The summed E-state index contributed by atoms with van der Waals surface area (Å²) in [6, 6.07) is 19.1. The predicted octanol–water partition coefficient (Wildman–Crippen LogP) is 3.81. The SMILES string of the molecule is N#CC1=C(N)Oc2c(c(=O)[nH]c3c2ccc2ccccc23)C1c1cccc([N+](=O)[O-])c1. The van der Waals surface area contributed by atoms with Gasteiger partial charge in [-0.25, -0.2) is 0 Å². The first-order chi connectivity index (χ1) is 15.0. The fraction of sp³-hybridized carbons (Fsp3) is 0.0435. The molecule has 0 saturated heterocycles. The second-order valence-corrected chi connectivity index (χ2v) is 7.18. The van der Waals surface area contributed by atoms with Crippen LogP contribution in [0.4, 0.5) is 5.69 Å². The van der Waals surface area contributed by atoms with Crippen LogP contribution in [-0.4, -0.2) is 9.91 Å². The number of aromatic nitrogens is 1. The average Bonchev–Trinajstić information content (AvgIpc) is 2.78. The van der Waals surface area contributed by atoms with E-state index >= 15 is 0 Å². The minimum Gasteiger partial charge on any atom is -0.439 e. The Morgan fingerprint density at radius 2 is 1.90 bits per heavy atom. The van der Waals surface area contributed by atoms with Gasteiger partial charge in [0.1, 0.15) is 17.4 Å². The molecule has 3 N–H and O–H groups in total. The Morgan fingerprint density at radius 1 is 1.10 bits per heavy atom. The summed E-state index contributed by atoms with van der Waals surface area (Å²) in [6.07, 6.45) is 0. The van der Waals surface area contributed by atoms with E-state index in [1.807, 2.05) is 42.5 Å². The van der Waals surface area contributed by atoms with E-state index in [9.17, 15) is 20.2 Å². The molecule has 5 rings (SSSR count). The van der Waals surface area contributed by atoms with E-state index in [0.29, 0.717) is 16.5 Å². The number of fused-ring (bicyclic) bond motifs is 5. The lowest BCUT2D eigenvalue weighted by atomic mass is 9.83. The highest BCUT2D eigenvalue weighted by atomic mass is 16.6. The highest BCUT2D eigenvalue weighted by Crippen LogP contribution is 2.44. The number of nitrogens with one attached hydrogen (secondary N) is 1. The Balaban J connectivity index is 1.86. The fourth-order valence-corrected chi connectivity index (χ4v) is 4.12. The molecule has 0 bridgehead atoms. The van der Waals surface area contributed by atoms with E-state index < -0.39 is 16.4 Å². The summed E-state index contributed by atoms with van der Waals surface area (Å²) < 4.78 is 5.79. The molecule has 3 aromatic carbocycles. The zero-order valence-corrected chi connectivity index (χ0v) is 16.0. The van der Waals surface area contributed by atoms with E-state index in [4.69, 9.17) is 10.5 Å². The summed E-state index contributed by atoms with van der Waals surface area (Å²) in [7, 11) is 0. The summed E-state index contributed by atoms with van der Waals surface area (Å²) in [5, 5.41) is 23.4. The van der Waals surface area contributed by atoms with Gasteiger partial charge in [0, 0.05) is 22.9 Å². The first-order valence-corrected chi connectivity index (χ1v) is 9.39. The number of rotatable bonds is 2. The molecule has 1 atom stereocenters. The standard InChI is InChI=1S/C23H14N4O4/c24-11-17-18(13-5-3-6-14(10-13)27(29)30)19-21(31-22(17)25)16-9-8-12-4-1-2-7-15(12)20(16)26-23(19)28/h1-10,18H,25H2,(H,26,28). The number of allylic oxidation sites excluding steroid dienone is 1. The largest absolute Gasteiger partial charge is 0.439 e. The molecule has 0 radical (unpaired) electrons. The molecule has 0 aliphatic carbocycles. The number of ether oxygens (including phenoxy) is 1. The van der Waals surface area contributed by atoms with E-state index in [1.54, 1.807) is 6.07 Å². The molecule has 0 fully saturated rings. The summed E-state index contributed by atoms with van der Waals surface area (Å²) in [5.41, 5.74) is 6.69. The van der Waals surface area contributed by atoms with Gasteiger partial charge in [0.15, 0.2) is 0 Å². The Morgan fingerprint density at radius 3 is 2.68 bits per heavy atom. The predicted molar refractivity (Wildman–Crippen MR) is 114 cm³/mol. The van der Waals surface area contributed by atoms with Crippen LogP contribution in [0.25, 0.3) is 21.7 Å². The average molecular weight is 410 g/mol. The van der Waals surface area contributed by atoms with Crippen LogP contribution in [0.5, 0.6) is 5.75 Å². The van der Waals surface area contributed by atoms with E-state index in [2.05, 4.69) is 4.98 Å². The molecule has 0 amide bonds. The molecule has 0 saturated carbocycles. The van der Waals surface area contributed by atoms with Crippen LogP contribution in [0, 0.1) is 21.4 Å². The van der Waals surface area contributed by atoms with Crippen LogP contribution in [-0.2, 0) is 0 Å². The van der Waals surface area contributed by atoms with Crippen molar-refractivity contribution in [2.45, 2.75) is 5.92 Å². The molecule has 8 nitrogen and oxygen atoms in total. The van der Waals surface area contributed by atoms with Crippen molar-refractivity contribution in [1.82, 2.24) is 4.98 Å². The van der Waals surface area contributed by atoms with Crippen LogP contribution in [0.15, 0.2) is 76.9 Å². The van der Waals surface area contributed by atoms with Crippen molar-refractivity contribution < 1.29 is 9.66 Å². The van der Waals surface area contributed by atoms with Crippen LogP contribution in [0.1, 0.15) is 17.0 Å². The van der Waals surface area contributed by atoms with E-state index in [-0.39, 0.29) is 28.5 Å². The van der Waals surface area contributed by atoms with Crippen LogP contribution >= 0.6 is 0 Å². The summed E-state index contributed by atoms with van der Waals surface area (Å²) in [6.45, 7) is 0. The van der Waals surface area contributed by atoms with Crippen LogP contribution in [0.2, 0.25) is 0 Å². The maximum atomic E-state index is 13.2. The first kappa shape index (κ1) is 18.4. The quantitative estimate of drug-likeness (QED) is 0.293. The minimum absolute atomic E-state index is 0.0265. The van der Waals surface area contributed by atoms with Gasteiger partial charge in [-0.1, -0.05) is 42.5 Å². The normalized spacial score (nSPS) is 15.4. The smallest absolute Gasteiger partial charge is 0.269 e. The highest BCUT2D eigenvalue weighted by molar-refractivity contribution is 6.07. The molecule has 1 unspecified atom stereocenters. The number of hydrogen-bond acceptors (Lipinski definition) is 6. The van der Waals surface area contributed by atoms with Gasteiger partial charge in [-0.3, -0.25) is 14.9 Å². The van der Waals surface area contributed by atoms with E-state index in [0.717, 1.165) is 10.8 Å². The summed E-state index contributed by atoms with van der Waals surface area (Å²) in [4.78, 5) is 26.9. The lowest BCUT2D eigenvalue weighted by molar-refractivity contribution is -0.384. The zero-order valence-electron chi connectivity index (χ0n) is 16.0. The van der Waals surface area contributed by atoms with Crippen LogP contribution in [0.3, 0.4) is 0 Å². The number of H-pyrrole nitrogens is 1. The Hall–Kier alpha value is -4.64. The molecule has 8 heteroatoms. The zero-order chi connectivity index (χ0) is 21.7. The first-order valence-electron chi connectivity index (χ1n) is 9.39. The lowest BCUT2D eigenvalue weighted by Gasteiger charge is -2.26. The van der Waals surface area contributed by atoms with Crippen molar-refractivity contribution in [2.75, 3.05) is 0 Å². The van der Waals surface area contributed by atoms with Gasteiger partial charge in [-0.05, 0) is 17.0 Å². The van der Waals surface area contributed by atoms with Crippen molar-refractivity contribution in [3.05, 3.63) is 104 Å². The highest BCUT2D eigenvalue weighted by Gasteiger charge is 2.35. The van der Waals surface area contributed by atoms with Gasteiger partial charge >= 0.3 is 0 Å². The van der Waals surface area contributed by atoms with Crippen molar-refractivity contribution in [1.29, 1.82) is 5.26 Å². The van der Waals surface area contributed by atoms with Gasteiger partial charge in [0.2, 0.25) is 5.88 Å². The monoisotopic (exact) mass is 410 g/mol. The minimum atomic E-state index is -0.895. The van der Waals surface area contributed by atoms with Gasteiger partial charge in [0.05, 0.1) is 21.9 Å². The molecular weight excluding hydrogens is 396 g/mol. The molecule has 2 heterocycles. The number of benzene rings is 3. The number of hydrogen-bond donors (Lipinski definition) is 2. The fourth-order valence-electron chi connectivity index (χ4n) is 4.12. The number of non-ortho nitro benzene ring substituents is 1. The Bertz CT molecular complexity index is 1550. The third-order valence-electron chi connectivity index (χ3n) is 5.49. The molecule has 31 heavy (non-hydrogen) atoms. The van der Waals surface area contributed by atoms with Crippen molar-refractivity contribution in [2.24, 2.45) is 5.73 Å².